The third-order valence-corrected chi connectivity index (χ3v) is 15.5. The number of para-hydroxylation sites is 6. The molecule has 0 aliphatic rings. The Morgan fingerprint density at radius 1 is 0.237 bits per heavy atom. The van der Waals surface area contributed by atoms with Crippen LogP contribution in [0.4, 0.5) is 0 Å². The molecule has 0 saturated carbocycles. The number of nitrogens with zero attached hydrogens (tertiary/aromatic N) is 6. The molecule has 0 amide bonds. The average molecular weight is 969 g/mol. The molecule has 0 fully saturated rings. The minimum atomic E-state index is 0.674. The summed E-state index contributed by atoms with van der Waals surface area (Å²) in [5.74, 6) is 0.674. The minimum absolute atomic E-state index is 0.674. The molecule has 0 aliphatic carbocycles. The largest absolute Gasteiger partial charge is 0.309 e. The van der Waals surface area contributed by atoms with E-state index in [-0.39, 0.29) is 0 Å². The van der Waals surface area contributed by atoms with E-state index in [0.717, 1.165) is 94.6 Å². The molecule has 0 saturated heterocycles. The fourth-order valence-electron chi connectivity index (χ4n) is 12.4. The number of aromatic nitrogens is 6. The van der Waals surface area contributed by atoms with Crippen LogP contribution < -0.4 is 0 Å². The summed E-state index contributed by atoms with van der Waals surface area (Å²) in [5.41, 5.74) is 18.2. The highest BCUT2D eigenvalue weighted by Crippen LogP contribution is 2.48. The van der Waals surface area contributed by atoms with Crippen LogP contribution in [0.5, 0.6) is 0 Å². The minimum Gasteiger partial charge on any atom is -0.309 e. The summed E-state index contributed by atoms with van der Waals surface area (Å²) in [7, 11) is 0. The second-order valence-corrected chi connectivity index (χ2v) is 19.7. The van der Waals surface area contributed by atoms with Crippen LogP contribution in [-0.2, 0) is 0 Å². The first-order valence-corrected chi connectivity index (χ1v) is 25.9. The van der Waals surface area contributed by atoms with Crippen LogP contribution in [-0.4, -0.2) is 28.2 Å². The number of hydrogen-bond donors (Lipinski definition) is 0. The monoisotopic (exact) mass is 968 g/mol. The molecule has 0 N–H and O–H groups in total. The van der Waals surface area contributed by atoms with Crippen molar-refractivity contribution in [3.63, 3.8) is 0 Å². The third-order valence-electron chi connectivity index (χ3n) is 15.5. The van der Waals surface area contributed by atoms with Crippen molar-refractivity contribution in [2.24, 2.45) is 0 Å². The number of rotatable bonds is 7. The molecule has 76 heavy (non-hydrogen) atoms. The molecule has 11 aromatic carbocycles. The Morgan fingerprint density at radius 3 is 1.32 bits per heavy atom. The van der Waals surface area contributed by atoms with Crippen molar-refractivity contribution in [1.29, 1.82) is 0 Å². The van der Waals surface area contributed by atoms with E-state index in [9.17, 15) is 0 Å². The topological polar surface area (TPSA) is 45.5 Å². The van der Waals surface area contributed by atoms with Crippen molar-refractivity contribution in [2.75, 3.05) is 0 Å². The number of fused-ring (bicyclic) bond motifs is 14. The molecule has 0 radical (unpaired) electrons. The summed E-state index contributed by atoms with van der Waals surface area (Å²) in [5, 5.41) is 9.45. The highest BCUT2D eigenvalue weighted by molar-refractivity contribution is 6.30. The van der Waals surface area contributed by atoms with Gasteiger partial charge in [0.25, 0.3) is 0 Å². The summed E-state index contributed by atoms with van der Waals surface area (Å²) >= 11 is 0. The molecule has 5 aromatic heterocycles. The first kappa shape index (κ1) is 42.2. The van der Waals surface area contributed by atoms with Gasteiger partial charge in [0.15, 0.2) is 5.82 Å². The smallest absolute Gasteiger partial charge is 0.160 e. The van der Waals surface area contributed by atoms with E-state index in [1.54, 1.807) is 0 Å². The molecule has 6 nitrogen and oxygen atoms in total. The average Bonchev–Trinajstić information content (AvgIpc) is 4.24. The zero-order valence-corrected chi connectivity index (χ0v) is 41.1. The highest BCUT2D eigenvalue weighted by Gasteiger charge is 2.27. The zero-order valence-electron chi connectivity index (χ0n) is 41.1. The van der Waals surface area contributed by atoms with Gasteiger partial charge in [-0.25, -0.2) is 9.97 Å². The molecular formula is C70H44N6. The Balaban J connectivity index is 1.10. The third kappa shape index (κ3) is 6.22. The maximum Gasteiger partial charge on any atom is 0.160 e. The summed E-state index contributed by atoms with van der Waals surface area (Å²) in [4.78, 5) is 10.9. The van der Waals surface area contributed by atoms with Gasteiger partial charge in [-0.05, 0) is 91.0 Å². The molecule has 0 bridgehead atoms. The van der Waals surface area contributed by atoms with E-state index in [0.29, 0.717) is 5.82 Å². The van der Waals surface area contributed by atoms with Crippen molar-refractivity contribution < 1.29 is 0 Å². The van der Waals surface area contributed by atoms with Crippen LogP contribution in [0.2, 0.25) is 0 Å². The second kappa shape index (κ2) is 16.6. The maximum absolute atomic E-state index is 5.57. The molecule has 0 aliphatic heterocycles. The van der Waals surface area contributed by atoms with Gasteiger partial charge < -0.3 is 18.3 Å². The number of benzene rings is 11. The van der Waals surface area contributed by atoms with Crippen molar-refractivity contribution in [3.8, 4) is 56.7 Å². The SMILES string of the molecule is c1ccc(-c2cc(-c3cc4c5ccccc5n(-c5ccccc5)c4c4c5cc(-n6c7ccccc7c7ccc8c(c9ccccc9n8-c8ccccc8)c76)ccc5n(-c5ccccc5)c34)nc(-c3ccccc3)n2)cc1. The molecule has 16 rings (SSSR count). The molecule has 0 unspecified atom stereocenters. The van der Waals surface area contributed by atoms with Crippen molar-refractivity contribution in [3.05, 3.63) is 267 Å². The summed E-state index contributed by atoms with van der Waals surface area (Å²) in [6, 6.07) is 96.3. The Labute approximate surface area is 436 Å². The van der Waals surface area contributed by atoms with Crippen LogP contribution in [0.15, 0.2) is 267 Å². The number of hydrogen-bond acceptors (Lipinski definition) is 2. The maximum atomic E-state index is 5.57. The van der Waals surface area contributed by atoms with Gasteiger partial charge in [0.2, 0.25) is 0 Å². The zero-order chi connectivity index (χ0) is 49.8. The van der Waals surface area contributed by atoms with Gasteiger partial charge in [0.05, 0.1) is 55.5 Å². The second-order valence-electron chi connectivity index (χ2n) is 19.7. The van der Waals surface area contributed by atoms with Gasteiger partial charge in [-0.2, -0.15) is 0 Å². The van der Waals surface area contributed by atoms with E-state index in [1.165, 1.54) is 43.5 Å². The van der Waals surface area contributed by atoms with Crippen LogP contribution >= 0.6 is 0 Å². The van der Waals surface area contributed by atoms with Crippen LogP contribution in [0.3, 0.4) is 0 Å². The van der Waals surface area contributed by atoms with E-state index in [1.807, 2.05) is 6.07 Å². The van der Waals surface area contributed by atoms with Gasteiger partial charge in [0, 0.05) is 82.5 Å². The predicted octanol–water partition coefficient (Wildman–Crippen LogP) is 17.9. The van der Waals surface area contributed by atoms with Crippen LogP contribution in [0, 0.1) is 0 Å². The Hall–Kier alpha value is -10.3. The first-order chi connectivity index (χ1) is 37.7. The fraction of sp³-hybridized carbons (Fsp3) is 0. The highest BCUT2D eigenvalue weighted by atomic mass is 15.0. The van der Waals surface area contributed by atoms with Crippen molar-refractivity contribution >= 4 is 87.2 Å². The van der Waals surface area contributed by atoms with Gasteiger partial charge in [-0.3, -0.25) is 0 Å². The van der Waals surface area contributed by atoms with Crippen LogP contribution in [0.25, 0.3) is 144 Å². The van der Waals surface area contributed by atoms with Crippen LogP contribution in [0.1, 0.15) is 0 Å². The summed E-state index contributed by atoms with van der Waals surface area (Å²) < 4.78 is 9.89. The molecule has 0 spiro atoms. The molecule has 0 atom stereocenters. The molecular weight excluding hydrogens is 925 g/mol. The van der Waals surface area contributed by atoms with Crippen molar-refractivity contribution in [2.45, 2.75) is 0 Å². The Bertz CT molecular complexity index is 4890. The lowest BCUT2D eigenvalue weighted by atomic mass is 9.99. The lowest BCUT2D eigenvalue weighted by Crippen LogP contribution is -2.00. The standard InChI is InChI=1S/C70H44N6/c1-6-22-45(23-7-1)58-44-59(72-70(71-58)46-24-8-2-9-25-46)56-43-55-52-33-17-20-36-61(52)74(48-28-12-4-13-29-48)68(55)66-57-42-50(38-40-63(57)75(69(56)66)49-30-14-5-15-31-49)76-60-35-19-16-32-51(60)53-39-41-64-65(67(53)76)54-34-18-21-37-62(54)73(64)47-26-10-3-11-27-47/h1-44H. The van der Waals surface area contributed by atoms with Gasteiger partial charge in [0.1, 0.15) is 0 Å². The predicted molar refractivity (Wildman–Crippen MR) is 316 cm³/mol. The van der Waals surface area contributed by atoms with E-state index < -0.39 is 0 Å². The first-order valence-electron chi connectivity index (χ1n) is 25.9. The Kier molecular flexibility index (Phi) is 9.23. The van der Waals surface area contributed by atoms with E-state index >= 15 is 0 Å². The van der Waals surface area contributed by atoms with Gasteiger partial charge in [-0.15, -0.1) is 0 Å². The lowest BCUT2D eigenvalue weighted by Gasteiger charge is -2.15. The quantitative estimate of drug-likeness (QED) is 0.160. The molecule has 354 valence electrons. The van der Waals surface area contributed by atoms with Crippen molar-refractivity contribution in [1.82, 2.24) is 28.2 Å². The fourth-order valence-corrected chi connectivity index (χ4v) is 12.4. The van der Waals surface area contributed by atoms with E-state index in [2.05, 4.69) is 279 Å². The molecule has 5 heterocycles. The normalized spacial score (nSPS) is 11.9. The summed E-state index contributed by atoms with van der Waals surface area (Å²) in [6.45, 7) is 0. The molecule has 16 aromatic rings. The van der Waals surface area contributed by atoms with Gasteiger partial charge >= 0.3 is 0 Å². The molecule has 6 heteroatoms. The summed E-state index contributed by atoms with van der Waals surface area (Å²) in [6.07, 6.45) is 0. The van der Waals surface area contributed by atoms with Gasteiger partial charge in [-0.1, -0.05) is 176 Å². The van der Waals surface area contributed by atoms with E-state index in [4.69, 9.17) is 9.97 Å². The Morgan fingerprint density at radius 2 is 0.684 bits per heavy atom. The lowest BCUT2D eigenvalue weighted by molar-refractivity contribution is 1.16.